The van der Waals surface area contributed by atoms with E-state index in [0.717, 1.165) is 25.9 Å². The zero-order valence-electron chi connectivity index (χ0n) is 26.5. The van der Waals surface area contributed by atoms with Crippen LogP contribution in [-0.4, -0.2) is 164 Å². The monoisotopic (exact) mass is 658 g/mol. The van der Waals surface area contributed by atoms with Gasteiger partial charge < -0.3 is 40.4 Å². The molecule has 0 aromatic carbocycles. The molecule has 2 saturated heterocycles. The quantitative estimate of drug-likeness (QED) is 0.150. The normalized spacial score (nSPS) is 15.8. The van der Waals surface area contributed by atoms with Gasteiger partial charge in [0.2, 0.25) is 11.8 Å². The minimum atomic E-state index is -1.82. The van der Waals surface area contributed by atoms with Crippen LogP contribution in [0.5, 0.6) is 0 Å². The Labute approximate surface area is 266 Å². The lowest BCUT2D eigenvalue weighted by atomic mass is 10.2. The summed E-state index contributed by atoms with van der Waals surface area (Å²) in [5.74, 6) is 1.68. The second-order valence-electron chi connectivity index (χ2n) is 9.83. The SMILES string of the molecule is CC1CCC(=O)N1CC#CCN(C)C.CC1CCC(=O)N1CC#CCN(C)C.O=C(O)C(=O)O.O=C(O)C(=O)O.O=C(O)C(=O)O. The maximum Gasteiger partial charge on any atom is 0.414 e. The molecule has 2 rings (SSSR count). The molecule has 2 atom stereocenters. The van der Waals surface area contributed by atoms with Gasteiger partial charge in [-0.1, -0.05) is 23.7 Å². The van der Waals surface area contributed by atoms with Crippen LogP contribution in [0.25, 0.3) is 0 Å². The van der Waals surface area contributed by atoms with E-state index in [1.54, 1.807) is 0 Å². The molecule has 0 spiro atoms. The van der Waals surface area contributed by atoms with Crippen molar-refractivity contribution in [3.63, 3.8) is 0 Å². The maximum atomic E-state index is 11.4. The average molecular weight is 659 g/mol. The van der Waals surface area contributed by atoms with E-state index in [-0.39, 0.29) is 11.8 Å². The fourth-order valence-electron chi connectivity index (χ4n) is 2.95. The molecule has 2 aliphatic rings. The number of rotatable bonds is 4. The second kappa shape index (κ2) is 25.2. The van der Waals surface area contributed by atoms with Crippen molar-refractivity contribution in [1.82, 2.24) is 19.6 Å². The molecule has 0 aromatic heterocycles. The number of carbonyl (C=O) groups excluding carboxylic acids is 2. The van der Waals surface area contributed by atoms with Gasteiger partial charge in [0.25, 0.3) is 0 Å². The molecular weight excluding hydrogens is 616 g/mol. The maximum absolute atomic E-state index is 11.4. The first-order chi connectivity index (χ1) is 21.1. The highest BCUT2D eigenvalue weighted by Gasteiger charge is 2.26. The van der Waals surface area contributed by atoms with Crippen LogP contribution in [0.4, 0.5) is 0 Å². The lowest BCUT2D eigenvalue weighted by Gasteiger charge is -2.18. The second-order valence-corrected chi connectivity index (χ2v) is 9.83. The minimum absolute atomic E-state index is 0.247. The van der Waals surface area contributed by atoms with Crippen molar-refractivity contribution in [3.8, 4) is 23.7 Å². The molecule has 0 aromatic rings. The molecule has 0 saturated carbocycles. The number of amides is 2. The van der Waals surface area contributed by atoms with Gasteiger partial charge in [0.05, 0.1) is 26.2 Å². The smallest absolute Gasteiger partial charge is 0.414 e. The minimum Gasteiger partial charge on any atom is -0.473 e. The summed E-state index contributed by atoms with van der Waals surface area (Å²) >= 11 is 0. The molecule has 0 radical (unpaired) electrons. The van der Waals surface area contributed by atoms with Gasteiger partial charge in [0, 0.05) is 24.9 Å². The number of carboxylic acid groups (broad SMARTS) is 6. The summed E-state index contributed by atoms with van der Waals surface area (Å²) in [4.78, 5) is 85.1. The van der Waals surface area contributed by atoms with Gasteiger partial charge in [-0.05, 0) is 54.9 Å². The molecule has 0 bridgehead atoms. The molecule has 18 nitrogen and oxygen atoms in total. The highest BCUT2D eigenvalue weighted by Crippen LogP contribution is 2.17. The van der Waals surface area contributed by atoms with Crippen molar-refractivity contribution in [2.75, 3.05) is 54.4 Å². The van der Waals surface area contributed by atoms with Gasteiger partial charge in [-0.15, -0.1) is 0 Å². The van der Waals surface area contributed by atoms with E-state index in [1.165, 1.54) is 0 Å². The molecule has 6 N–H and O–H groups in total. The van der Waals surface area contributed by atoms with Crippen molar-refractivity contribution in [3.05, 3.63) is 0 Å². The summed E-state index contributed by atoms with van der Waals surface area (Å²) < 4.78 is 0. The van der Waals surface area contributed by atoms with E-state index < -0.39 is 35.8 Å². The van der Waals surface area contributed by atoms with Crippen LogP contribution in [-0.2, 0) is 38.4 Å². The topological polar surface area (TPSA) is 271 Å². The zero-order chi connectivity index (χ0) is 36.6. The van der Waals surface area contributed by atoms with E-state index in [4.69, 9.17) is 59.4 Å². The number of nitrogens with zero attached hydrogens (tertiary/aromatic N) is 4. The van der Waals surface area contributed by atoms with Crippen LogP contribution in [0.15, 0.2) is 0 Å². The van der Waals surface area contributed by atoms with Crippen LogP contribution in [0.3, 0.4) is 0 Å². The van der Waals surface area contributed by atoms with Crippen LogP contribution in [0, 0.1) is 23.7 Å². The Balaban J connectivity index is -0.000000537. The van der Waals surface area contributed by atoms with E-state index >= 15 is 0 Å². The van der Waals surface area contributed by atoms with E-state index in [9.17, 15) is 9.59 Å². The van der Waals surface area contributed by atoms with Gasteiger partial charge in [0.15, 0.2) is 0 Å². The Hall–Kier alpha value is -5.20. The molecule has 258 valence electrons. The molecule has 18 heteroatoms. The Morgan fingerprint density at radius 1 is 0.565 bits per heavy atom. The summed E-state index contributed by atoms with van der Waals surface area (Å²) in [6, 6.07) is 0.743. The standard InChI is InChI=1S/2C11H18N2O.3C2H2O4/c2*1-10-6-7-11(14)13(10)9-5-4-8-12(2)3;3*3-1(4)2(5)6/h2*10H,6-9H2,1-3H3;3*(H,3,4)(H,5,6). The Bertz CT molecular complexity index is 1040. The number of likely N-dealkylation sites (tertiary alicyclic amines) is 2. The van der Waals surface area contributed by atoms with Crippen molar-refractivity contribution in [1.29, 1.82) is 0 Å². The third-order valence-corrected chi connectivity index (χ3v) is 5.34. The summed E-state index contributed by atoms with van der Waals surface area (Å²) in [5.41, 5.74) is 0. The van der Waals surface area contributed by atoms with E-state index in [0.29, 0.717) is 38.0 Å². The number of carbonyl (C=O) groups is 8. The summed E-state index contributed by atoms with van der Waals surface area (Å²) in [6.45, 7) is 6.87. The fraction of sp³-hybridized carbons (Fsp3) is 0.571. The summed E-state index contributed by atoms with van der Waals surface area (Å²) in [6.07, 6.45) is 3.34. The van der Waals surface area contributed by atoms with Gasteiger partial charge >= 0.3 is 35.8 Å². The van der Waals surface area contributed by atoms with Gasteiger partial charge in [-0.3, -0.25) is 19.4 Å². The van der Waals surface area contributed by atoms with Crippen molar-refractivity contribution < 1.29 is 69.0 Å². The lowest BCUT2D eigenvalue weighted by Crippen LogP contribution is -2.31. The molecular formula is C28H42N4O14. The van der Waals surface area contributed by atoms with E-state index in [1.807, 2.05) is 47.8 Å². The summed E-state index contributed by atoms with van der Waals surface area (Å²) in [5, 5.41) is 44.3. The van der Waals surface area contributed by atoms with Crippen LogP contribution in [0.1, 0.15) is 39.5 Å². The first-order valence-corrected chi connectivity index (χ1v) is 13.3. The van der Waals surface area contributed by atoms with Gasteiger partial charge in [0.1, 0.15) is 0 Å². The molecule has 2 unspecified atom stereocenters. The number of hydrogen-bond donors (Lipinski definition) is 6. The molecule has 2 heterocycles. The highest BCUT2D eigenvalue weighted by molar-refractivity contribution is 6.28. The van der Waals surface area contributed by atoms with Gasteiger partial charge in [-0.25, -0.2) is 28.8 Å². The van der Waals surface area contributed by atoms with Crippen molar-refractivity contribution in [2.45, 2.75) is 51.6 Å². The molecule has 0 aliphatic carbocycles. The number of aliphatic carboxylic acids is 6. The fourth-order valence-corrected chi connectivity index (χ4v) is 2.95. The molecule has 46 heavy (non-hydrogen) atoms. The predicted octanol–water partition coefficient (Wildman–Crippen LogP) is -1.41. The predicted molar refractivity (Wildman–Crippen MR) is 159 cm³/mol. The third kappa shape index (κ3) is 25.3. The average Bonchev–Trinajstić information content (AvgIpc) is 3.44. The Morgan fingerprint density at radius 3 is 0.957 bits per heavy atom. The number of carboxylic acids is 6. The Kier molecular flexibility index (Phi) is 24.7. The third-order valence-electron chi connectivity index (χ3n) is 5.34. The first kappa shape index (κ1) is 45.2. The van der Waals surface area contributed by atoms with E-state index in [2.05, 4.69) is 37.5 Å². The lowest BCUT2D eigenvalue weighted by molar-refractivity contribution is -0.159. The highest BCUT2D eigenvalue weighted by atomic mass is 16.5. The van der Waals surface area contributed by atoms with Crippen LogP contribution in [0.2, 0.25) is 0 Å². The molecule has 2 amide bonds. The summed E-state index contributed by atoms with van der Waals surface area (Å²) in [7, 11) is 7.94. The van der Waals surface area contributed by atoms with Crippen LogP contribution < -0.4 is 0 Å². The van der Waals surface area contributed by atoms with Crippen molar-refractivity contribution in [2.24, 2.45) is 0 Å². The first-order valence-electron chi connectivity index (χ1n) is 13.3. The molecule has 2 fully saturated rings. The zero-order valence-corrected chi connectivity index (χ0v) is 26.5. The largest absolute Gasteiger partial charge is 0.473 e. The number of hydrogen-bond acceptors (Lipinski definition) is 10. The van der Waals surface area contributed by atoms with Crippen LogP contribution >= 0.6 is 0 Å². The molecule has 2 aliphatic heterocycles. The van der Waals surface area contributed by atoms with Gasteiger partial charge in [-0.2, -0.15) is 0 Å². The Morgan fingerprint density at radius 2 is 0.804 bits per heavy atom. The van der Waals surface area contributed by atoms with Crippen molar-refractivity contribution >= 4 is 47.6 Å².